The lowest BCUT2D eigenvalue weighted by molar-refractivity contribution is 0.322. The molecule has 1 rings (SSSR count). The zero-order valence-corrected chi connectivity index (χ0v) is 8.47. The monoisotopic (exact) mass is 196 g/mol. The van der Waals surface area contributed by atoms with Crippen LogP contribution < -0.4 is 4.74 Å². The quantitative estimate of drug-likeness (QED) is 0.668. The van der Waals surface area contributed by atoms with Crippen molar-refractivity contribution in [1.82, 2.24) is 0 Å². The van der Waals surface area contributed by atoms with E-state index in [9.17, 15) is 0 Å². The van der Waals surface area contributed by atoms with Gasteiger partial charge in [-0.3, -0.25) is 0 Å². The van der Waals surface area contributed by atoms with Gasteiger partial charge in [-0.2, -0.15) is 0 Å². The summed E-state index contributed by atoms with van der Waals surface area (Å²) in [7, 11) is 0. The fourth-order valence-electron chi connectivity index (χ4n) is 0.874. The van der Waals surface area contributed by atoms with Crippen molar-refractivity contribution in [2.45, 2.75) is 13.3 Å². The van der Waals surface area contributed by atoms with Gasteiger partial charge in [-0.05, 0) is 31.2 Å². The lowest BCUT2D eigenvalue weighted by atomic mass is 10.2. The minimum atomic E-state index is 0.678. The number of benzene rings is 1. The predicted octanol–water partition coefficient (Wildman–Crippen LogP) is 3.69. The Morgan fingerprint density at radius 3 is 2.54 bits per heavy atom. The number of halogens is 1. The van der Waals surface area contributed by atoms with E-state index < -0.39 is 0 Å². The highest BCUT2D eigenvalue weighted by Gasteiger charge is 1.93. The van der Waals surface area contributed by atoms with Crippen molar-refractivity contribution in [3.8, 4) is 5.75 Å². The van der Waals surface area contributed by atoms with Crippen LogP contribution in [0.25, 0.3) is 0 Å². The molecule has 0 saturated carbocycles. The highest BCUT2D eigenvalue weighted by atomic mass is 35.5. The van der Waals surface area contributed by atoms with Crippen LogP contribution in [0.5, 0.6) is 5.75 Å². The third kappa shape index (κ3) is 4.00. The first kappa shape index (κ1) is 10.1. The van der Waals surface area contributed by atoms with Gasteiger partial charge < -0.3 is 4.74 Å². The van der Waals surface area contributed by atoms with E-state index in [1.54, 1.807) is 0 Å². The first-order chi connectivity index (χ1) is 6.18. The highest BCUT2D eigenvalue weighted by Crippen LogP contribution is 2.15. The van der Waals surface area contributed by atoms with Crippen LogP contribution in [-0.4, -0.2) is 6.61 Å². The van der Waals surface area contributed by atoms with Gasteiger partial charge in [-0.1, -0.05) is 17.2 Å². The predicted molar refractivity (Wildman–Crippen MR) is 56.4 cm³/mol. The third-order valence-corrected chi connectivity index (χ3v) is 1.86. The first-order valence-electron chi connectivity index (χ1n) is 4.21. The van der Waals surface area contributed by atoms with Crippen molar-refractivity contribution in [1.29, 1.82) is 0 Å². The van der Waals surface area contributed by atoms with E-state index in [-0.39, 0.29) is 0 Å². The smallest absolute Gasteiger partial charge is 0.119 e. The molecule has 70 valence electrons. The van der Waals surface area contributed by atoms with Gasteiger partial charge in [0.1, 0.15) is 5.75 Å². The molecule has 0 bridgehead atoms. The van der Waals surface area contributed by atoms with E-state index >= 15 is 0 Å². The average Bonchev–Trinajstić information content (AvgIpc) is 2.08. The summed E-state index contributed by atoms with van der Waals surface area (Å²) in [6.07, 6.45) is 0.891. The average molecular weight is 197 g/mol. The zero-order valence-electron chi connectivity index (χ0n) is 7.72. The van der Waals surface area contributed by atoms with Crippen LogP contribution in [-0.2, 0) is 0 Å². The van der Waals surface area contributed by atoms with Crippen molar-refractivity contribution in [2.75, 3.05) is 6.61 Å². The minimum absolute atomic E-state index is 0.678. The summed E-state index contributed by atoms with van der Waals surface area (Å²) < 4.78 is 5.45. The Morgan fingerprint density at radius 1 is 1.38 bits per heavy atom. The summed E-state index contributed by atoms with van der Waals surface area (Å²) >= 11 is 5.73. The highest BCUT2D eigenvalue weighted by molar-refractivity contribution is 6.30. The number of rotatable bonds is 4. The molecule has 0 amide bonds. The molecule has 0 N–H and O–H groups in total. The fraction of sp³-hybridized carbons (Fsp3) is 0.273. The number of ether oxygens (including phenoxy) is 1. The molecule has 0 aliphatic heterocycles. The van der Waals surface area contributed by atoms with Gasteiger partial charge in [-0.25, -0.2) is 0 Å². The summed E-state index contributed by atoms with van der Waals surface area (Å²) in [6, 6.07) is 7.36. The molecule has 1 aromatic carbocycles. The Morgan fingerprint density at radius 2 is 2.00 bits per heavy atom. The Labute approximate surface area is 84.0 Å². The van der Waals surface area contributed by atoms with Gasteiger partial charge >= 0.3 is 0 Å². The zero-order chi connectivity index (χ0) is 9.68. The maximum Gasteiger partial charge on any atom is 0.119 e. The van der Waals surface area contributed by atoms with E-state index in [1.807, 2.05) is 31.2 Å². The molecule has 0 aliphatic carbocycles. The first-order valence-corrected chi connectivity index (χ1v) is 4.59. The summed E-state index contributed by atoms with van der Waals surface area (Å²) in [6.45, 7) is 6.47. The number of hydrogen-bond donors (Lipinski definition) is 0. The minimum Gasteiger partial charge on any atom is -0.493 e. The van der Waals surface area contributed by atoms with Gasteiger partial charge in [0.25, 0.3) is 0 Å². The molecule has 0 fully saturated rings. The lowest BCUT2D eigenvalue weighted by Gasteiger charge is -2.05. The molecule has 1 aromatic rings. The molecule has 0 atom stereocenters. The molecule has 0 unspecified atom stereocenters. The van der Waals surface area contributed by atoms with Crippen LogP contribution in [0.3, 0.4) is 0 Å². The van der Waals surface area contributed by atoms with Crippen LogP contribution >= 0.6 is 11.6 Å². The van der Waals surface area contributed by atoms with E-state index in [2.05, 4.69) is 6.58 Å². The molecule has 0 aliphatic rings. The molecule has 0 radical (unpaired) electrons. The Bertz CT molecular complexity index is 277. The molecule has 0 heterocycles. The molecule has 2 heteroatoms. The van der Waals surface area contributed by atoms with Gasteiger partial charge in [0.2, 0.25) is 0 Å². The lowest BCUT2D eigenvalue weighted by Crippen LogP contribution is -1.96. The second-order valence-electron chi connectivity index (χ2n) is 3.01. The topological polar surface area (TPSA) is 9.23 Å². The summed E-state index contributed by atoms with van der Waals surface area (Å²) in [5.41, 5.74) is 1.13. The fourth-order valence-corrected chi connectivity index (χ4v) is 1.000. The third-order valence-electron chi connectivity index (χ3n) is 1.61. The standard InChI is InChI=1S/C11H13ClO/c1-9(2)7-8-13-11-5-3-10(12)4-6-11/h3-6H,1,7-8H2,2H3. The second-order valence-corrected chi connectivity index (χ2v) is 3.45. The maximum atomic E-state index is 5.73. The van der Waals surface area contributed by atoms with E-state index in [0.717, 1.165) is 22.8 Å². The van der Waals surface area contributed by atoms with E-state index in [1.165, 1.54) is 0 Å². The van der Waals surface area contributed by atoms with Crippen LogP contribution in [0.15, 0.2) is 36.4 Å². The summed E-state index contributed by atoms with van der Waals surface area (Å²) in [4.78, 5) is 0. The maximum absolute atomic E-state index is 5.73. The van der Waals surface area contributed by atoms with Gasteiger partial charge in [0, 0.05) is 11.4 Å². The van der Waals surface area contributed by atoms with Crippen molar-refractivity contribution in [3.63, 3.8) is 0 Å². The second kappa shape index (κ2) is 4.93. The summed E-state index contributed by atoms with van der Waals surface area (Å²) in [5, 5.41) is 0.729. The SMILES string of the molecule is C=C(C)CCOc1ccc(Cl)cc1. The molecule has 13 heavy (non-hydrogen) atoms. The molecule has 0 saturated heterocycles. The Hall–Kier alpha value is -0.950. The van der Waals surface area contributed by atoms with Crippen LogP contribution in [0.4, 0.5) is 0 Å². The van der Waals surface area contributed by atoms with Crippen molar-refractivity contribution >= 4 is 11.6 Å². The summed E-state index contributed by atoms with van der Waals surface area (Å²) in [5.74, 6) is 0.852. The van der Waals surface area contributed by atoms with Crippen molar-refractivity contribution in [3.05, 3.63) is 41.4 Å². The normalized spacial score (nSPS) is 9.69. The van der Waals surface area contributed by atoms with Gasteiger partial charge in [0.05, 0.1) is 6.61 Å². The Balaban J connectivity index is 2.37. The molecule has 0 aromatic heterocycles. The molecule has 1 nitrogen and oxygen atoms in total. The number of hydrogen-bond acceptors (Lipinski definition) is 1. The molecule has 0 spiro atoms. The van der Waals surface area contributed by atoms with Crippen LogP contribution in [0, 0.1) is 0 Å². The molecular formula is C11H13ClO. The van der Waals surface area contributed by atoms with Crippen molar-refractivity contribution in [2.24, 2.45) is 0 Å². The van der Waals surface area contributed by atoms with Gasteiger partial charge in [-0.15, -0.1) is 6.58 Å². The van der Waals surface area contributed by atoms with E-state index in [4.69, 9.17) is 16.3 Å². The van der Waals surface area contributed by atoms with Crippen molar-refractivity contribution < 1.29 is 4.74 Å². The molecular weight excluding hydrogens is 184 g/mol. The van der Waals surface area contributed by atoms with Crippen LogP contribution in [0.2, 0.25) is 5.02 Å². The Kier molecular flexibility index (Phi) is 3.84. The van der Waals surface area contributed by atoms with Crippen LogP contribution in [0.1, 0.15) is 13.3 Å². The largest absolute Gasteiger partial charge is 0.493 e. The van der Waals surface area contributed by atoms with E-state index in [0.29, 0.717) is 6.61 Å². The van der Waals surface area contributed by atoms with Gasteiger partial charge in [0.15, 0.2) is 0 Å².